The fourth-order valence-corrected chi connectivity index (χ4v) is 3.54. The van der Waals surface area contributed by atoms with Crippen molar-refractivity contribution in [3.63, 3.8) is 0 Å². The van der Waals surface area contributed by atoms with Crippen molar-refractivity contribution >= 4 is 5.91 Å². The van der Waals surface area contributed by atoms with Gasteiger partial charge in [-0.05, 0) is 53.7 Å². The van der Waals surface area contributed by atoms with Crippen LogP contribution in [0.3, 0.4) is 0 Å². The van der Waals surface area contributed by atoms with E-state index < -0.39 is 5.54 Å². The van der Waals surface area contributed by atoms with E-state index in [1.807, 2.05) is 12.2 Å². The highest BCUT2D eigenvalue weighted by atomic mass is 16.1. The van der Waals surface area contributed by atoms with Gasteiger partial charge in [0.1, 0.15) is 5.54 Å². The van der Waals surface area contributed by atoms with Crippen LogP contribution in [0.2, 0.25) is 0 Å². The van der Waals surface area contributed by atoms with Crippen LogP contribution in [0.5, 0.6) is 0 Å². The van der Waals surface area contributed by atoms with E-state index in [9.17, 15) is 10.1 Å². The molecule has 0 atom stereocenters. The largest absolute Gasteiger partial charge is 0.334 e. The molecule has 3 heteroatoms. The lowest BCUT2D eigenvalue weighted by Crippen LogP contribution is -2.49. The second-order valence-electron chi connectivity index (χ2n) is 6.11. The molecule has 1 amide bonds. The molecule has 0 unspecified atom stereocenters. The SMILES string of the molecule is N#CC1(NC(=O)C2=C3C=C4CC4=C3C=C2)CCCCC1. The summed E-state index contributed by atoms with van der Waals surface area (Å²) in [5, 5.41) is 12.5. The zero-order chi connectivity index (χ0) is 13.7. The lowest BCUT2D eigenvalue weighted by molar-refractivity contribution is -0.118. The van der Waals surface area contributed by atoms with Gasteiger partial charge in [0, 0.05) is 5.57 Å². The molecule has 4 aliphatic rings. The van der Waals surface area contributed by atoms with E-state index in [1.165, 1.54) is 16.7 Å². The summed E-state index contributed by atoms with van der Waals surface area (Å²) >= 11 is 0. The van der Waals surface area contributed by atoms with Gasteiger partial charge in [0.25, 0.3) is 5.91 Å². The van der Waals surface area contributed by atoms with Crippen LogP contribution in [0.25, 0.3) is 0 Å². The van der Waals surface area contributed by atoms with E-state index in [-0.39, 0.29) is 5.91 Å². The molecule has 0 aromatic carbocycles. The predicted octanol–water partition coefficient (Wildman–Crippen LogP) is 2.84. The minimum atomic E-state index is -0.651. The molecule has 0 aromatic rings. The molecule has 0 radical (unpaired) electrons. The number of nitrogens with zero attached hydrogens (tertiary/aromatic N) is 1. The van der Waals surface area contributed by atoms with Gasteiger partial charge in [-0.25, -0.2) is 0 Å². The minimum absolute atomic E-state index is 0.0894. The number of hydrogen-bond donors (Lipinski definition) is 1. The van der Waals surface area contributed by atoms with Gasteiger partial charge in [-0.15, -0.1) is 0 Å². The quantitative estimate of drug-likeness (QED) is 0.833. The first-order chi connectivity index (χ1) is 9.72. The summed E-state index contributed by atoms with van der Waals surface area (Å²) in [4.78, 5) is 12.5. The molecule has 0 aliphatic heterocycles. The van der Waals surface area contributed by atoms with Gasteiger partial charge in [0.15, 0.2) is 0 Å². The zero-order valence-electron chi connectivity index (χ0n) is 11.3. The Bertz CT molecular complexity index is 676. The molecule has 1 N–H and O–H groups in total. The lowest BCUT2D eigenvalue weighted by Gasteiger charge is -2.31. The molecular weight excluding hydrogens is 248 g/mol. The van der Waals surface area contributed by atoms with E-state index >= 15 is 0 Å². The van der Waals surface area contributed by atoms with Crippen molar-refractivity contribution in [1.29, 1.82) is 5.26 Å². The van der Waals surface area contributed by atoms with Gasteiger partial charge in [-0.2, -0.15) is 5.26 Å². The number of carbonyl (C=O) groups excluding carboxylic acids is 1. The third-order valence-electron chi connectivity index (χ3n) is 4.79. The molecule has 0 bridgehead atoms. The molecule has 20 heavy (non-hydrogen) atoms. The Morgan fingerprint density at radius 2 is 2.00 bits per heavy atom. The number of nitriles is 1. The second kappa shape index (κ2) is 3.96. The van der Waals surface area contributed by atoms with Gasteiger partial charge in [-0.1, -0.05) is 25.3 Å². The maximum atomic E-state index is 12.5. The fourth-order valence-electron chi connectivity index (χ4n) is 3.54. The maximum absolute atomic E-state index is 12.5. The fraction of sp³-hybridized carbons (Fsp3) is 0.412. The summed E-state index contributed by atoms with van der Waals surface area (Å²) in [6.45, 7) is 0. The van der Waals surface area contributed by atoms with Crippen LogP contribution in [0.1, 0.15) is 38.5 Å². The van der Waals surface area contributed by atoms with E-state index in [0.29, 0.717) is 0 Å². The second-order valence-corrected chi connectivity index (χ2v) is 6.11. The Morgan fingerprint density at radius 1 is 1.20 bits per heavy atom. The number of nitrogens with one attached hydrogen (secondary N) is 1. The van der Waals surface area contributed by atoms with Gasteiger partial charge in [0.2, 0.25) is 0 Å². The summed E-state index contributed by atoms with van der Waals surface area (Å²) < 4.78 is 0. The van der Waals surface area contributed by atoms with E-state index in [2.05, 4.69) is 17.5 Å². The zero-order valence-corrected chi connectivity index (χ0v) is 11.3. The van der Waals surface area contributed by atoms with Gasteiger partial charge >= 0.3 is 0 Å². The van der Waals surface area contributed by atoms with Crippen LogP contribution in [-0.2, 0) is 4.79 Å². The number of amides is 1. The first kappa shape index (κ1) is 11.7. The van der Waals surface area contributed by atoms with Crippen molar-refractivity contribution in [2.45, 2.75) is 44.1 Å². The molecule has 4 rings (SSSR count). The number of allylic oxidation sites excluding steroid dienone is 6. The van der Waals surface area contributed by atoms with Gasteiger partial charge < -0.3 is 5.32 Å². The Kier molecular flexibility index (Phi) is 2.32. The molecule has 4 aliphatic carbocycles. The highest BCUT2D eigenvalue weighted by Gasteiger charge is 2.38. The Morgan fingerprint density at radius 3 is 2.75 bits per heavy atom. The average molecular weight is 264 g/mol. The van der Waals surface area contributed by atoms with E-state index in [4.69, 9.17) is 0 Å². The van der Waals surface area contributed by atoms with Gasteiger partial charge in [-0.3, -0.25) is 4.79 Å². The minimum Gasteiger partial charge on any atom is -0.334 e. The van der Waals surface area contributed by atoms with Crippen LogP contribution in [0.4, 0.5) is 0 Å². The normalized spacial score (nSPS) is 25.1. The van der Waals surface area contributed by atoms with Crippen LogP contribution < -0.4 is 5.32 Å². The van der Waals surface area contributed by atoms with Crippen molar-refractivity contribution in [3.05, 3.63) is 46.1 Å². The summed E-state index contributed by atoms with van der Waals surface area (Å²) in [5.74, 6) is -0.0894. The van der Waals surface area contributed by atoms with Crippen LogP contribution in [-0.4, -0.2) is 11.4 Å². The first-order valence-electron chi connectivity index (χ1n) is 7.33. The highest BCUT2D eigenvalue weighted by molar-refractivity contribution is 6.02. The summed E-state index contributed by atoms with van der Waals surface area (Å²) in [7, 11) is 0. The van der Waals surface area contributed by atoms with Crippen molar-refractivity contribution in [2.75, 3.05) is 0 Å². The summed E-state index contributed by atoms with van der Waals surface area (Å²) in [6.07, 6.45) is 11.9. The Hall–Kier alpha value is -2.08. The van der Waals surface area contributed by atoms with Crippen molar-refractivity contribution in [3.8, 4) is 6.07 Å². The molecular formula is C17H16N2O. The van der Waals surface area contributed by atoms with Gasteiger partial charge in [0.05, 0.1) is 6.07 Å². The molecule has 2 fully saturated rings. The van der Waals surface area contributed by atoms with E-state index in [1.54, 1.807) is 0 Å². The van der Waals surface area contributed by atoms with Crippen LogP contribution in [0, 0.1) is 11.3 Å². The Balaban J connectivity index is 1.59. The molecule has 0 aromatic heterocycles. The van der Waals surface area contributed by atoms with Crippen LogP contribution >= 0.6 is 0 Å². The number of carbonyl (C=O) groups is 1. The molecule has 3 nitrogen and oxygen atoms in total. The Labute approximate surface area is 118 Å². The van der Waals surface area contributed by atoms with Crippen LogP contribution in [0.15, 0.2) is 46.1 Å². The van der Waals surface area contributed by atoms with Crippen molar-refractivity contribution in [2.24, 2.45) is 0 Å². The smallest absolute Gasteiger partial charge is 0.253 e. The lowest BCUT2D eigenvalue weighted by atomic mass is 9.82. The predicted molar refractivity (Wildman–Crippen MR) is 75.5 cm³/mol. The van der Waals surface area contributed by atoms with Crippen molar-refractivity contribution < 1.29 is 4.79 Å². The third-order valence-corrected chi connectivity index (χ3v) is 4.79. The number of fused-ring (bicyclic) bond motifs is 2. The molecule has 0 heterocycles. The van der Waals surface area contributed by atoms with E-state index in [0.717, 1.165) is 49.7 Å². The number of rotatable bonds is 2. The average Bonchev–Trinajstić information content (AvgIpc) is 2.95. The highest BCUT2D eigenvalue weighted by Crippen LogP contribution is 2.51. The standard InChI is InChI=1S/C17H16N2O/c18-10-17(6-2-1-3-7-17)19-16(20)13-5-4-12-14-8-11(14)9-15(12)13/h4-5,9H,1-3,6-8H2,(H,19,20). The molecule has 100 valence electrons. The summed E-state index contributed by atoms with van der Waals surface area (Å²) in [5.41, 5.74) is 5.13. The summed E-state index contributed by atoms with van der Waals surface area (Å²) in [6, 6.07) is 2.34. The molecule has 0 saturated heterocycles. The van der Waals surface area contributed by atoms with Crippen molar-refractivity contribution in [1.82, 2.24) is 5.32 Å². The number of hydrogen-bond acceptors (Lipinski definition) is 2. The molecule has 0 spiro atoms. The monoisotopic (exact) mass is 264 g/mol. The molecule has 2 saturated carbocycles. The maximum Gasteiger partial charge on any atom is 0.253 e. The third kappa shape index (κ3) is 1.61. The first-order valence-corrected chi connectivity index (χ1v) is 7.33. The topological polar surface area (TPSA) is 52.9 Å².